The molecule has 2 aromatic rings. The highest BCUT2D eigenvalue weighted by Gasteiger charge is 2.31. The van der Waals surface area contributed by atoms with Gasteiger partial charge in [-0.3, -0.25) is 4.28 Å². The van der Waals surface area contributed by atoms with E-state index in [0.29, 0.717) is 22.2 Å². The molecule has 28 heavy (non-hydrogen) atoms. The molecule has 0 bridgehead atoms. The van der Waals surface area contributed by atoms with Crippen LogP contribution in [-0.2, 0) is 29.7 Å². The molecule has 2 rings (SSSR count). The standard InChI is InChI=1S/C17H14F3NO5S2/c18-17(19,20)12-25-16(22)15(27-14-9-5-2-6-10-14)21-26-28(23,24)11-13-7-3-1-4-8-13/h1-10H,11-12H2. The van der Waals surface area contributed by atoms with Crippen molar-refractivity contribution in [3.63, 3.8) is 0 Å². The molecule has 6 nitrogen and oxygen atoms in total. The van der Waals surface area contributed by atoms with Gasteiger partial charge in [0, 0.05) is 4.90 Å². The Bertz CT molecular complexity index is 917. The van der Waals surface area contributed by atoms with Crippen LogP contribution in [0.5, 0.6) is 0 Å². The van der Waals surface area contributed by atoms with Crippen LogP contribution in [0.2, 0.25) is 0 Å². The Morgan fingerprint density at radius 2 is 1.57 bits per heavy atom. The zero-order valence-electron chi connectivity index (χ0n) is 14.1. The molecular formula is C17H14F3NO5S2. The van der Waals surface area contributed by atoms with E-state index in [9.17, 15) is 26.4 Å². The molecule has 0 spiro atoms. The molecule has 0 heterocycles. The van der Waals surface area contributed by atoms with Crippen LogP contribution in [-0.4, -0.2) is 32.2 Å². The number of alkyl halides is 3. The molecule has 2 aromatic carbocycles. The van der Waals surface area contributed by atoms with Crippen LogP contribution in [0.3, 0.4) is 0 Å². The average Bonchev–Trinajstić information content (AvgIpc) is 2.64. The number of oxime groups is 1. The van der Waals surface area contributed by atoms with Gasteiger partial charge in [0.15, 0.2) is 6.61 Å². The van der Waals surface area contributed by atoms with Crippen molar-refractivity contribution in [3.05, 3.63) is 66.2 Å². The third-order valence-electron chi connectivity index (χ3n) is 2.92. The third-order valence-corrected chi connectivity index (χ3v) is 4.85. The Morgan fingerprint density at radius 3 is 2.14 bits per heavy atom. The van der Waals surface area contributed by atoms with E-state index >= 15 is 0 Å². The predicted molar refractivity (Wildman–Crippen MR) is 96.9 cm³/mol. The molecule has 150 valence electrons. The quantitative estimate of drug-likeness (QED) is 0.227. The first-order chi connectivity index (χ1) is 13.1. The molecule has 0 unspecified atom stereocenters. The summed E-state index contributed by atoms with van der Waals surface area (Å²) in [6, 6.07) is 16.1. The Labute approximate surface area is 163 Å². The lowest BCUT2D eigenvalue weighted by molar-refractivity contribution is -0.181. The van der Waals surface area contributed by atoms with E-state index in [4.69, 9.17) is 0 Å². The van der Waals surface area contributed by atoms with Gasteiger partial charge in [-0.15, -0.1) is 0 Å². The van der Waals surface area contributed by atoms with Crippen LogP contribution in [0.15, 0.2) is 70.7 Å². The number of nitrogens with zero attached hydrogens (tertiary/aromatic N) is 1. The van der Waals surface area contributed by atoms with Crippen molar-refractivity contribution >= 4 is 32.9 Å². The van der Waals surface area contributed by atoms with Crippen molar-refractivity contribution < 1.29 is 35.4 Å². The summed E-state index contributed by atoms with van der Waals surface area (Å²) >= 11 is 0.613. The molecule has 0 saturated heterocycles. The number of hydrogen-bond donors (Lipinski definition) is 0. The van der Waals surface area contributed by atoms with E-state index in [1.165, 1.54) is 0 Å². The summed E-state index contributed by atoms with van der Waals surface area (Å²) in [6.07, 6.45) is -4.74. The molecule has 0 aliphatic heterocycles. The minimum atomic E-state index is -4.74. The summed E-state index contributed by atoms with van der Waals surface area (Å²) in [5.74, 6) is -1.99. The van der Waals surface area contributed by atoms with Gasteiger partial charge in [-0.2, -0.15) is 21.6 Å². The van der Waals surface area contributed by atoms with Crippen molar-refractivity contribution in [1.82, 2.24) is 0 Å². The van der Waals surface area contributed by atoms with Crippen molar-refractivity contribution in [2.75, 3.05) is 6.61 Å². The Morgan fingerprint density at radius 1 is 1.00 bits per heavy atom. The molecule has 0 atom stereocenters. The highest BCUT2D eigenvalue weighted by molar-refractivity contribution is 8.15. The molecule has 0 N–H and O–H groups in total. The van der Waals surface area contributed by atoms with Gasteiger partial charge in [0.2, 0.25) is 5.04 Å². The second-order valence-electron chi connectivity index (χ2n) is 5.27. The zero-order chi connectivity index (χ0) is 20.6. The fraction of sp³-hybridized carbons (Fsp3) is 0.176. The Balaban J connectivity index is 2.15. The van der Waals surface area contributed by atoms with Crippen LogP contribution >= 0.6 is 11.8 Å². The Hall–Kier alpha value is -2.53. The second kappa shape index (κ2) is 9.60. The fourth-order valence-corrected chi connectivity index (χ4v) is 3.42. The maximum absolute atomic E-state index is 12.3. The Kier molecular flexibility index (Phi) is 7.46. The average molecular weight is 433 g/mol. The van der Waals surface area contributed by atoms with Crippen LogP contribution in [0.4, 0.5) is 13.2 Å². The monoisotopic (exact) mass is 433 g/mol. The molecule has 0 fully saturated rings. The van der Waals surface area contributed by atoms with E-state index in [2.05, 4.69) is 14.2 Å². The number of carbonyl (C=O) groups is 1. The van der Waals surface area contributed by atoms with Gasteiger partial charge < -0.3 is 4.74 Å². The number of ether oxygens (including phenoxy) is 1. The first-order valence-corrected chi connectivity index (χ1v) is 10.0. The first kappa shape index (κ1) is 21.8. The SMILES string of the molecule is O=C(OCC(F)(F)F)C(=NOS(=O)(=O)Cc1ccccc1)Sc1ccccc1. The van der Waals surface area contributed by atoms with Crippen LogP contribution in [0, 0.1) is 0 Å². The lowest BCUT2D eigenvalue weighted by Crippen LogP contribution is -2.24. The summed E-state index contributed by atoms with van der Waals surface area (Å²) in [5.41, 5.74) is 0.412. The van der Waals surface area contributed by atoms with E-state index in [-0.39, 0.29) is 0 Å². The minimum absolute atomic E-state index is 0.412. The third kappa shape index (κ3) is 8.01. The topological polar surface area (TPSA) is 82.0 Å². The number of rotatable bonds is 6. The number of hydrogen-bond acceptors (Lipinski definition) is 7. The number of thioether (sulfide) groups is 1. The predicted octanol–water partition coefficient (Wildman–Crippen LogP) is 3.74. The highest BCUT2D eigenvalue weighted by Crippen LogP contribution is 2.22. The van der Waals surface area contributed by atoms with E-state index in [1.54, 1.807) is 60.7 Å². The molecule has 0 aliphatic rings. The molecule has 0 aliphatic carbocycles. The van der Waals surface area contributed by atoms with Crippen LogP contribution in [0.25, 0.3) is 0 Å². The summed E-state index contributed by atoms with van der Waals surface area (Å²) < 4.78 is 69.5. The number of halogens is 3. The molecule has 11 heteroatoms. The molecule has 0 aromatic heterocycles. The summed E-state index contributed by atoms with van der Waals surface area (Å²) in [6.45, 7) is -1.84. The zero-order valence-corrected chi connectivity index (χ0v) is 15.8. The van der Waals surface area contributed by atoms with E-state index in [0.717, 1.165) is 0 Å². The van der Waals surface area contributed by atoms with Gasteiger partial charge in [-0.1, -0.05) is 65.4 Å². The minimum Gasteiger partial charge on any atom is -0.451 e. The highest BCUT2D eigenvalue weighted by atomic mass is 32.2. The lowest BCUT2D eigenvalue weighted by atomic mass is 10.2. The smallest absolute Gasteiger partial charge is 0.422 e. The number of carbonyl (C=O) groups excluding carboxylic acids is 1. The largest absolute Gasteiger partial charge is 0.451 e. The van der Waals surface area contributed by atoms with E-state index in [1.807, 2.05) is 0 Å². The second-order valence-corrected chi connectivity index (χ2v) is 7.88. The molecule has 0 amide bonds. The summed E-state index contributed by atoms with van der Waals surface area (Å²) in [5, 5.41) is 2.55. The van der Waals surface area contributed by atoms with Gasteiger partial charge in [0.05, 0.1) is 0 Å². The normalized spacial score (nSPS) is 12.5. The molecular weight excluding hydrogens is 419 g/mol. The maximum atomic E-state index is 12.3. The van der Waals surface area contributed by atoms with Gasteiger partial charge in [0.1, 0.15) is 5.75 Å². The van der Waals surface area contributed by atoms with Gasteiger partial charge in [0.25, 0.3) is 0 Å². The van der Waals surface area contributed by atoms with Crippen molar-refractivity contribution in [3.8, 4) is 0 Å². The van der Waals surface area contributed by atoms with Gasteiger partial charge in [-0.05, 0) is 17.7 Å². The number of benzene rings is 2. The molecule has 0 radical (unpaired) electrons. The van der Waals surface area contributed by atoms with Gasteiger partial charge >= 0.3 is 22.3 Å². The van der Waals surface area contributed by atoms with Crippen LogP contribution < -0.4 is 0 Å². The van der Waals surface area contributed by atoms with Crippen molar-refractivity contribution in [1.29, 1.82) is 0 Å². The lowest BCUT2D eigenvalue weighted by Gasteiger charge is -2.09. The molecule has 0 saturated carbocycles. The first-order valence-electron chi connectivity index (χ1n) is 7.65. The van der Waals surface area contributed by atoms with Crippen LogP contribution in [0.1, 0.15) is 5.56 Å². The van der Waals surface area contributed by atoms with Crippen molar-refractivity contribution in [2.24, 2.45) is 5.16 Å². The van der Waals surface area contributed by atoms with Gasteiger partial charge in [-0.25, -0.2) is 4.79 Å². The number of esters is 1. The summed E-state index contributed by atoms with van der Waals surface area (Å²) in [7, 11) is -4.23. The maximum Gasteiger partial charge on any atom is 0.422 e. The fourth-order valence-electron chi connectivity index (χ4n) is 1.80. The van der Waals surface area contributed by atoms with E-state index < -0.39 is 39.7 Å². The van der Waals surface area contributed by atoms with Crippen molar-refractivity contribution in [2.45, 2.75) is 16.8 Å². The summed E-state index contributed by atoms with van der Waals surface area (Å²) in [4.78, 5) is 12.3.